The minimum absolute atomic E-state index is 0.0801. The highest BCUT2D eigenvalue weighted by Gasteiger charge is 2.32. The number of benzene rings is 1. The molecular formula is C17H26N2O2. The number of nitrogens with one attached hydrogen (secondary N) is 1. The summed E-state index contributed by atoms with van der Waals surface area (Å²) < 4.78 is 0. The number of β-amino-alcohol motifs (C(OH)–C–C–N with tert-alkyl or cyclic N) is 1. The van der Waals surface area contributed by atoms with Crippen LogP contribution < -0.4 is 5.32 Å². The van der Waals surface area contributed by atoms with Gasteiger partial charge >= 0.3 is 0 Å². The van der Waals surface area contributed by atoms with Crippen molar-refractivity contribution in [3.8, 4) is 0 Å². The number of carbonyl (C=O) groups is 1. The molecule has 1 saturated heterocycles. The van der Waals surface area contributed by atoms with Gasteiger partial charge in [-0.15, -0.1) is 0 Å². The lowest BCUT2D eigenvalue weighted by molar-refractivity contribution is -0.134. The van der Waals surface area contributed by atoms with E-state index in [1.54, 1.807) is 0 Å². The minimum Gasteiger partial charge on any atom is -0.392 e. The third-order valence-electron chi connectivity index (χ3n) is 4.24. The molecule has 0 spiro atoms. The Labute approximate surface area is 127 Å². The molecule has 0 radical (unpaired) electrons. The van der Waals surface area contributed by atoms with E-state index in [1.165, 1.54) is 5.56 Å². The first-order valence-corrected chi connectivity index (χ1v) is 7.86. The largest absolute Gasteiger partial charge is 0.392 e. The van der Waals surface area contributed by atoms with E-state index in [4.69, 9.17) is 0 Å². The van der Waals surface area contributed by atoms with Crippen molar-refractivity contribution in [2.75, 3.05) is 13.6 Å². The Hall–Kier alpha value is -1.39. The molecule has 116 valence electrons. The topological polar surface area (TPSA) is 52.6 Å². The van der Waals surface area contributed by atoms with Crippen LogP contribution in [0.25, 0.3) is 0 Å². The molecule has 0 saturated carbocycles. The molecule has 2 N–H and O–H groups in total. The fourth-order valence-corrected chi connectivity index (χ4v) is 2.96. The molecule has 0 aromatic heterocycles. The molecule has 1 amide bonds. The van der Waals surface area contributed by atoms with Crippen LogP contribution >= 0.6 is 0 Å². The second kappa shape index (κ2) is 7.57. The highest BCUT2D eigenvalue weighted by Crippen LogP contribution is 2.26. The predicted octanol–water partition coefficient (Wildman–Crippen LogP) is 2.10. The summed E-state index contributed by atoms with van der Waals surface area (Å²) in [5.41, 5.74) is 1.18. The number of likely N-dealkylation sites (N-methyl/N-ethyl adjacent to an activating group) is 1. The molecule has 1 fully saturated rings. The molecule has 1 aliphatic rings. The summed E-state index contributed by atoms with van der Waals surface area (Å²) in [7, 11) is 1.88. The minimum atomic E-state index is -0.404. The smallest absolute Gasteiger partial charge is 0.240 e. The number of amides is 1. The van der Waals surface area contributed by atoms with Gasteiger partial charge in [0.1, 0.15) is 0 Å². The number of hydrogen-bond donors (Lipinski definition) is 2. The Morgan fingerprint density at radius 1 is 1.43 bits per heavy atom. The molecule has 2 unspecified atom stereocenters. The highest BCUT2D eigenvalue weighted by atomic mass is 16.3. The molecule has 2 rings (SSSR count). The zero-order valence-corrected chi connectivity index (χ0v) is 13.0. The van der Waals surface area contributed by atoms with E-state index in [-0.39, 0.29) is 18.0 Å². The lowest BCUT2D eigenvalue weighted by atomic mass is 9.99. The van der Waals surface area contributed by atoms with E-state index < -0.39 is 6.10 Å². The van der Waals surface area contributed by atoms with Crippen LogP contribution in [0.2, 0.25) is 0 Å². The number of rotatable bonds is 6. The van der Waals surface area contributed by atoms with Gasteiger partial charge in [-0.2, -0.15) is 0 Å². The fraction of sp³-hybridized carbons (Fsp3) is 0.588. The molecule has 3 atom stereocenters. The number of nitrogens with zero attached hydrogens (tertiary/aromatic N) is 1. The van der Waals surface area contributed by atoms with Crippen molar-refractivity contribution in [2.24, 2.45) is 0 Å². The van der Waals surface area contributed by atoms with Crippen LogP contribution in [0, 0.1) is 0 Å². The first-order valence-electron chi connectivity index (χ1n) is 7.86. The van der Waals surface area contributed by atoms with E-state index >= 15 is 0 Å². The maximum atomic E-state index is 12.6. The van der Waals surface area contributed by atoms with Crippen LogP contribution in [0.1, 0.15) is 44.2 Å². The summed E-state index contributed by atoms with van der Waals surface area (Å²) >= 11 is 0. The molecule has 1 heterocycles. The van der Waals surface area contributed by atoms with Gasteiger partial charge < -0.3 is 15.3 Å². The summed E-state index contributed by atoms with van der Waals surface area (Å²) in [5.74, 6) is 0.0801. The van der Waals surface area contributed by atoms with Crippen molar-refractivity contribution in [2.45, 2.75) is 50.8 Å². The van der Waals surface area contributed by atoms with E-state index in [0.29, 0.717) is 13.0 Å². The number of hydrogen-bond acceptors (Lipinski definition) is 3. The highest BCUT2D eigenvalue weighted by molar-refractivity contribution is 5.82. The zero-order valence-electron chi connectivity index (χ0n) is 13.0. The van der Waals surface area contributed by atoms with Crippen molar-refractivity contribution in [3.05, 3.63) is 35.9 Å². The molecule has 1 aromatic carbocycles. The van der Waals surface area contributed by atoms with Gasteiger partial charge in [-0.3, -0.25) is 4.79 Å². The number of aliphatic hydroxyl groups is 1. The molecule has 4 heteroatoms. The van der Waals surface area contributed by atoms with Gasteiger partial charge in [-0.1, -0.05) is 50.1 Å². The summed E-state index contributed by atoms with van der Waals surface area (Å²) in [4.78, 5) is 14.5. The fourth-order valence-electron chi connectivity index (χ4n) is 2.96. The van der Waals surface area contributed by atoms with Crippen LogP contribution in [0.3, 0.4) is 0 Å². The Morgan fingerprint density at radius 2 is 2.14 bits per heavy atom. The summed E-state index contributed by atoms with van der Waals surface area (Å²) in [6.07, 6.45) is 3.29. The van der Waals surface area contributed by atoms with Gasteiger partial charge in [0.05, 0.1) is 18.2 Å². The molecular weight excluding hydrogens is 264 g/mol. The number of aliphatic hydroxyl groups excluding tert-OH is 1. The quantitative estimate of drug-likeness (QED) is 0.843. The first kappa shape index (κ1) is 16.0. The van der Waals surface area contributed by atoms with Gasteiger partial charge in [-0.05, 0) is 18.4 Å². The second-order valence-electron chi connectivity index (χ2n) is 5.87. The normalized spacial score (nSPS) is 23.0. The van der Waals surface area contributed by atoms with E-state index in [2.05, 4.69) is 24.4 Å². The van der Waals surface area contributed by atoms with Crippen molar-refractivity contribution in [3.63, 3.8) is 0 Å². The third-order valence-corrected chi connectivity index (χ3v) is 4.24. The monoisotopic (exact) mass is 290 g/mol. The lowest BCUT2D eigenvalue weighted by Gasteiger charge is -2.31. The molecule has 1 aromatic rings. The van der Waals surface area contributed by atoms with Crippen molar-refractivity contribution >= 4 is 5.91 Å². The number of unbranched alkanes of at least 4 members (excludes halogenated alkanes) is 1. The third kappa shape index (κ3) is 4.05. The molecule has 1 aliphatic heterocycles. The van der Waals surface area contributed by atoms with Gasteiger partial charge in [0.15, 0.2) is 0 Å². The summed E-state index contributed by atoms with van der Waals surface area (Å²) in [6, 6.07) is 10.1. The number of carbonyl (C=O) groups excluding carboxylic acids is 1. The van der Waals surface area contributed by atoms with Crippen LogP contribution in [-0.4, -0.2) is 41.7 Å². The average Bonchev–Trinajstić information content (AvgIpc) is 2.94. The second-order valence-corrected chi connectivity index (χ2v) is 5.87. The van der Waals surface area contributed by atoms with Gasteiger partial charge in [0.25, 0.3) is 0 Å². The van der Waals surface area contributed by atoms with Crippen LogP contribution in [0.4, 0.5) is 0 Å². The Kier molecular flexibility index (Phi) is 5.76. The van der Waals surface area contributed by atoms with Crippen molar-refractivity contribution in [1.82, 2.24) is 10.2 Å². The van der Waals surface area contributed by atoms with E-state index in [0.717, 1.165) is 19.3 Å². The predicted molar refractivity (Wildman–Crippen MR) is 83.9 cm³/mol. The average molecular weight is 290 g/mol. The molecule has 0 bridgehead atoms. The summed E-state index contributed by atoms with van der Waals surface area (Å²) in [5, 5.41) is 12.7. The lowest BCUT2D eigenvalue weighted by Crippen LogP contribution is -2.43. The van der Waals surface area contributed by atoms with Crippen molar-refractivity contribution in [1.29, 1.82) is 0 Å². The van der Waals surface area contributed by atoms with Gasteiger partial charge in [0.2, 0.25) is 5.91 Å². The SMILES string of the molecule is CCCCC(c1ccccc1)N(C)C(=O)[C@@H]1CC(O)CN1. The molecule has 0 aliphatic carbocycles. The maximum absolute atomic E-state index is 12.6. The van der Waals surface area contributed by atoms with Gasteiger partial charge in [0, 0.05) is 13.6 Å². The maximum Gasteiger partial charge on any atom is 0.240 e. The van der Waals surface area contributed by atoms with Crippen LogP contribution in [-0.2, 0) is 4.79 Å². The first-order chi connectivity index (χ1) is 10.1. The van der Waals surface area contributed by atoms with Crippen molar-refractivity contribution < 1.29 is 9.90 Å². The van der Waals surface area contributed by atoms with Crippen LogP contribution in [0.15, 0.2) is 30.3 Å². The molecule has 21 heavy (non-hydrogen) atoms. The van der Waals surface area contributed by atoms with E-state index in [1.807, 2.05) is 30.1 Å². The molecule has 4 nitrogen and oxygen atoms in total. The van der Waals surface area contributed by atoms with E-state index in [9.17, 15) is 9.90 Å². The Balaban J connectivity index is 2.10. The Bertz CT molecular complexity index is 449. The standard InChI is InChI=1S/C17H26N2O2/c1-3-4-10-16(13-8-6-5-7-9-13)19(2)17(21)15-11-14(20)12-18-15/h5-9,14-16,18,20H,3-4,10-12H2,1-2H3/t14?,15-,16?/m0/s1. The van der Waals surface area contributed by atoms with Gasteiger partial charge in [-0.25, -0.2) is 0 Å². The van der Waals surface area contributed by atoms with Crippen LogP contribution in [0.5, 0.6) is 0 Å². The summed E-state index contributed by atoms with van der Waals surface area (Å²) in [6.45, 7) is 2.67. The zero-order chi connectivity index (χ0) is 15.2. The Morgan fingerprint density at radius 3 is 2.71 bits per heavy atom.